The summed E-state index contributed by atoms with van der Waals surface area (Å²) in [6.45, 7) is 2.54. The first-order valence-corrected chi connectivity index (χ1v) is 7.15. The Hall–Kier alpha value is -0.780. The molecule has 1 aromatic carbocycles. The molecule has 0 aromatic heterocycles. The number of rotatable bonds is 7. The molecular formula is C13H17BrClNO3. The molecule has 4 nitrogen and oxygen atoms in total. The Morgan fingerprint density at radius 2 is 2.32 bits per heavy atom. The summed E-state index contributed by atoms with van der Waals surface area (Å²) >= 11 is 9.26. The molecule has 1 unspecified atom stereocenters. The van der Waals surface area contributed by atoms with Crippen LogP contribution in [0.4, 0.5) is 0 Å². The van der Waals surface area contributed by atoms with Crippen LogP contribution in [0.1, 0.15) is 13.3 Å². The Morgan fingerprint density at radius 1 is 1.58 bits per heavy atom. The van der Waals surface area contributed by atoms with Crippen LogP contribution in [0.3, 0.4) is 0 Å². The van der Waals surface area contributed by atoms with E-state index in [9.17, 15) is 4.79 Å². The molecular weight excluding hydrogens is 334 g/mol. The van der Waals surface area contributed by atoms with Crippen molar-refractivity contribution in [3.63, 3.8) is 0 Å². The number of hydrogen-bond acceptors (Lipinski definition) is 3. The average molecular weight is 351 g/mol. The second kappa shape index (κ2) is 8.40. The third-order valence-corrected chi connectivity index (χ3v) is 3.31. The number of nitrogens with one attached hydrogen (secondary N) is 1. The van der Waals surface area contributed by atoms with Crippen molar-refractivity contribution in [2.24, 2.45) is 5.92 Å². The van der Waals surface area contributed by atoms with Gasteiger partial charge in [0, 0.05) is 17.6 Å². The van der Waals surface area contributed by atoms with Gasteiger partial charge < -0.3 is 15.2 Å². The van der Waals surface area contributed by atoms with Crippen molar-refractivity contribution in [3.8, 4) is 5.75 Å². The SMILES string of the molecule is CC(CCO)CNC(=O)COc1ccc(Br)cc1Cl. The minimum Gasteiger partial charge on any atom is -0.482 e. The molecule has 19 heavy (non-hydrogen) atoms. The standard InChI is InChI=1S/C13H17BrClNO3/c1-9(4-5-17)7-16-13(18)8-19-12-3-2-10(14)6-11(12)15/h2-3,6,9,17H,4-5,7-8H2,1H3,(H,16,18). The Balaban J connectivity index is 2.33. The highest BCUT2D eigenvalue weighted by Gasteiger charge is 2.08. The smallest absolute Gasteiger partial charge is 0.257 e. The highest BCUT2D eigenvalue weighted by atomic mass is 79.9. The van der Waals surface area contributed by atoms with Crippen molar-refractivity contribution in [2.75, 3.05) is 19.8 Å². The molecule has 0 bridgehead atoms. The number of aliphatic hydroxyl groups is 1. The Labute approximate surface area is 126 Å². The number of halogens is 2. The van der Waals surface area contributed by atoms with Gasteiger partial charge in [-0.25, -0.2) is 0 Å². The average Bonchev–Trinajstić information content (AvgIpc) is 2.35. The van der Waals surface area contributed by atoms with E-state index in [-0.39, 0.29) is 25.0 Å². The molecule has 1 aromatic rings. The maximum Gasteiger partial charge on any atom is 0.257 e. The summed E-state index contributed by atoms with van der Waals surface area (Å²) in [6.07, 6.45) is 0.666. The summed E-state index contributed by atoms with van der Waals surface area (Å²) in [6, 6.07) is 5.20. The topological polar surface area (TPSA) is 58.6 Å². The van der Waals surface area contributed by atoms with Crippen LogP contribution in [-0.2, 0) is 4.79 Å². The van der Waals surface area contributed by atoms with Crippen LogP contribution in [0.15, 0.2) is 22.7 Å². The summed E-state index contributed by atoms with van der Waals surface area (Å²) < 4.78 is 6.19. The highest BCUT2D eigenvalue weighted by molar-refractivity contribution is 9.10. The zero-order valence-corrected chi connectivity index (χ0v) is 13.0. The first kappa shape index (κ1) is 16.3. The zero-order chi connectivity index (χ0) is 14.3. The summed E-state index contributed by atoms with van der Waals surface area (Å²) in [7, 11) is 0. The fourth-order valence-corrected chi connectivity index (χ4v) is 2.13. The van der Waals surface area contributed by atoms with Crippen molar-refractivity contribution in [1.29, 1.82) is 0 Å². The molecule has 0 saturated heterocycles. The molecule has 1 amide bonds. The van der Waals surface area contributed by atoms with Gasteiger partial charge in [0.25, 0.3) is 5.91 Å². The fraction of sp³-hybridized carbons (Fsp3) is 0.462. The molecule has 0 aliphatic rings. The number of hydrogen-bond donors (Lipinski definition) is 2. The van der Waals surface area contributed by atoms with Crippen LogP contribution in [0, 0.1) is 5.92 Å². The first-order chi connectivity index (χ1) is 9.02. The predicted molar refractivity (Wildman–Crippen MR) is 78.5 cm³/mol. The van der Waals surface area contributed by atoms with Crippen LogP contribution in [0.5, 0.6) is 5.75 Å². The monoisotopic (exact) mass is 349 g/mol. The minimum atomic E-state index is -0.205. The normalized spacial score (nSPS) is 12.0. The van der Waals surface area contributed by atoms with Crippen LogP contribution >= 0.6 is 27.5 Å². The lowest BCUT2D eigenvalue weighted by molar-refractivity contribution is -0.123. The minimum absolute atomic E-state index is 0.0762. The fourth-order valence-electron chi connectivity index (χ4n) is 1.40. The lowest BCUT2D eigenvalue weighted by Gasteiger charge is -2.12. The largest absolute Gasteiger partial charge is 0.482 e. The molecule has 0 aliphatic carbocycles. The van der Waals surface area contributed by atoms with Gasteiger partial charge in [0.1, 0.15) is 5.75 Å². The molecule has 2 N–H and O–H groups in total. The molecule has 6 heteroatoms. The van der Waals surface area contributed by atoms with Gasteiger partial charge in [-0.3, -0.25) is 4.79 Å². The van der Waals surface area contributed by atoms with E-state index in [2.05, 4.69) is 21.2 Å². The maximum absolute atomic E-state index is 11.6. The molecule has 0 aliphatic heterocycles. The molecule has 106 valence electrons. The van der Waals surface area contributed by atoms with Crippen molar-refractivity contribution >= 4 is 33.4 Å². The van der Waals surface area contributed by atoms with E-state index in [0.717, 1.165) is 4.47 Å². The maximum atomic E-state index is 11.6. The van der Waals surface area contributed by atoms with Crippen LogP contribution in [-0.4, -0.2) is 30.8 Å². The van der Waals surface area contributed by atoms with Crippen molar-refractivity contribution in [2.45, 2.75) is 13.3 Å². The second-order valence-electron chi connectivity index (χ2n) is 4.28. The molecule has 1 atom stereocenters. The number of carbonyl (C=O) groups is 1. The molecule has 0 saturated carbocycles. The predicted octanol–water partition coefficient (Wildman–Crippen LogP) is 2.62. The van der Waals surface area contributed by atoms with E-state index < -0.39 is 0 Å². The molecule has 0 spiro atoms. The number of aliphatic hydroxyl groups excluding tert-OH is 1. The molecule has 0 heterocycles. The summed E-state index contributed by atoms with van der Waals surface area (Å²) in [5.74, 6) is 0.511. The summed E-state index contributed by atoms with van der Waals surface area (Å²) in [4.78, 5) is 11.6. The van der Waals surface area contributed by atoms with Gasteiger partial charge in [0.2, 0.25) is 0 Å². The second-order valence-corrected chi connectivity index (χ2v) is 5.61. The Morgan fingerprint density at radius 3 is 2.95 bits per heavy atom. The molecule has 0 fully saturated rings. The Bertz CT molecular complexity index is 428. The van der Waals surface area contributed by atoms with Gasteiger partial charge in [0.15, 0.2) is 6.61 Å². The van der Waals surface area contributed by atoms with Gasteiger partial charge in [-0.05, 0) is 30.5 Å². The number of ether oxygens (including phenoxy) is 1. The van der Waals surface area contributed by atoms with E-state index in [1.165, 1.54) is 0 Å². The number of benzene rings is 1. The van der Waals surface area contributed by atoms with Gasteiger partial charge in [-0.2, -0.15) is 0 Å². The van der Waals surface area contributed by atoms with E-state index in [4.69, 9.17) is 21.4 Å². The van der Waals surface area contributed by atoms with E-state index in [1.54, 1.807) is 18.2 Å². The quantitative estimate of drug-likeness (QED) is 0.795. The van der Waals surface area contributed by atoms with Crippen LogP contribution in [0.25, 0.3) is 0 Å². The molecule has 0 radical (unpaired) electrons. The third-order valence-electron chi connectivity index (χ3n) is 2.52. The molecule has 1 rings (SSSR count). The Kier molecular flexibility index (Phi) is 7.20. The van der Waals surface area contributed by atoms with Crippen LogP contribution < -0.4 is 10.1 Å². The zero-order valence-electron chi connectivity index (χ0n) is 10.7. The van der Waals surface area contributed by atoms with Gasteiger partial charge >= 0.3 is 0 Å². The van der Waals surface area contributed by atoms with Crippen LogP contribution in [0.2, 0.25) is 5.02 Å². The van der Waals surface area contributed by atoms with Crippen molar-refractivity contribution in [1.82, 2.24) is 5.32 Å². The number of amides is 1. The van der Waals surface area contributed by atoms with Gasteiger partial charge in [0.05, 0.1) is 5.02 Å². The van der Waals surface area contributed by atoms with E-state index in [1.807, 2.05) is 6.92 Å². The number of carbonyl (C=O) groups excluding carboxylic acids is 1. The van der Waals surface area contributed by atoms with Crippen molar-refractivity contribution in [3.05, 3.63) is 27.7 Å². The summed E-state index contributed by atoms with van der Waals surface area (Å²) in [5, 5.41) is 11.9. The first-order valence-electron chi connectivity index (χ1n) is 5.98. The highest BCUT2D eigenvalue weighted by Crippen LogP contribution is 2.27. The lowest BCUT2D eigenvalue weighted by atomic mass is 10.1. The summed E-state index contributed by atoms with van der Waals surface area (Å²) in [5.41, 5.74) is 0. The van der Waals surface area contributed by atoms with Gasteiger partial charge in [-0.1, -0.05) is 34.5 Å². The third kappa shape index (κ3) is 6.27. The van der Waals surface area contributed by atoms with E-state index >= 15 is 0 Å². The lowest BCUT2D eigenvalue weighted by Crippen LogP contribution is -2.32. The van der Waals surface area contributed by atoms with E-state index in [0.29, 0.717) is 23.7 Å². The van der Waals surface area contributed by atoms with Gasteiger partial charge in [-0.15, -0.1) is 0 Å². The van der Waals surface area contributed by atoms with Crippen molar-refractivity contribution < 1.29 is 14.6 Å².